The fourth-order valence-corrected chi connectivity index (χ4v) is 8.16. The van der Waals surface area contributed by atoms with E-state index in [-0.39, 0.29) is 41.0 Å². The van der Waals surface area contributed by atoms with Crippen molar-refractivity contribution in [2.75, 3.05) is 9.74 Å². The van der Waals surface area contributed by atoms with Gasteiger partial charge in [0.15, 0.2) is 0 Å². The summed E-state index contributed by atoms with van der Waals surface area (Å²) in [5, 5.41) is 26.9. The minimum atomic E-state index is -2.09. The molecule has 0 saturated carbocycles. The maximum absolute atomic E-state index is 13.0. The Labute approximate surface area is 187 Å². The zero-order chi connectivity index (χ0) is 22.8. The molecule has 0 radical (unpaired) electrons. The number of amides is 2. The first-order valence-electron chi connectivity index (χ1n) is 9.37. The molecular formula is C19H17IN6O6. The molecule has 32 heavy (non-hydrogen) atoms. The van der Waals surface area contributed by atoms with Crippen molar-refractivity contribution >= 4 is 60.7 Å². The molecule has 1 aliphatic rings. The van der Waals surface area contributed by atoms with Crippen LogP contribution in [0.3, 0.4) is 0 Å². The summed E-state index contributed by atoms with van der Waals surface area (Å²) in [6.07, 6.45) is 1.35. The van der Waals surface area contributed by atoms with E-state index in [1.165, 1.54) is 6.33 Å². The van der Waals surface area contributed by atoms with Gasteiger partial charge in [-0.25, -0.2) is 0 Å². The van der Waals surface area contributed by atoms with Gasteiger partial charge in [0, 0.05) is 0 Å². The first kappa shape index (κ1) is 21.6. The third-order valence-electron chi connectivity index (χ3n) is 4.68. The first-order chi connectivity index (χ1) is 15.3. The second kappa shape index (κ2) is 8.86. The number of nitrogens with zero attached hydrogens (tertiary/aromatic N) is 3. The summed E-state index contributed by atoms with van der Waals surface area (Å²) in [7, 11) is 0. The molecule has 0 atom stereocenters. The Balaban J connectivity index is 1.52. The third kappa shape index (κ3) is 4.37. The number of halogens is 1. The van der Waals surface area contributed by atoms with Crippen molar-refractivity contribution in [1.29, 1.82) is 0 Å². The first-order valence-corrected chi connectivity index (χ1v) is 13.1. The number of carboxylic acid groups (broad SMARTS) is 2. The number of fused-ring (bicyclic) bond motifs is 2. The molecule has 2 aromatic heterocycles. The van der Waals surface area contributed by atoms with Crippen molar-refractivity contribution in [2.45, 2.75) is 19.3 Å². The molecule has 1 aliphatic heterocycles. The standard InChI is InChI=1S/C19H17IN6O6/c27-12(3-4-13(28)29)23-17-15-14(25-26-17)16(22-8-21-15)18(30)24-20-6-5-9-7-10(19(31)32)1-2-11(9)20/h1-2,7-8H,3-6H2,(H,24,30)(H,28,29)(H,31,32)(H2,23,25,26,27). The van der Waals surface area contributed by atoms with E-state index in [1.54, 1.807) is 18.2 Å². The number of rotatable bonds is 7. The van der Waals surface area contributed by atoms with Gasteiger partial charge < -0.3 is 0 Å². The fraction of sp³-hybridized carbons (Fsp3) is 0.211. The molecule has 3 heterocycles. The van der Waals surface area contributed by atoms with E-state index in [0.717, 1.165) is 13.6 Å². The van der Waals surface area contributed by atoms with Crippen LogP contribution in [0, 0.1) is 3.57 Å². The van der Waals surface area contributed by atoms with Crippen LogP contribution in [0.2, 0.25) is 0 Å². The number of aliphatic carboxylic acids is 1. The second-order valence-corrected chi connectivity index (χ2v) is 11.6. The number of hydrogen-bond donors (Lipinski definition) is 5. The van der Waals surface area contributed by atoms with Crippen LogP contribution in [-0.4, -0.2) is 58.6 Å². The third-order valence-corrected chi connectivity index (χ3v) is 9.90. The average Bonchev–Trinajstić information content (AvgIpc) is 3.36. The number of aromatic nitrogens is 4. The Morgan fingerprint density at radius 2 is 1.94 bits per heavy atom. The van der Waals surface area contributed by atoms with Gasteiger partial charge in [0.05, 0.1) is 0 Å². The molecular weight excluding hydrogens is 535 g/mol. The number of anilines is 1. The van der Waals surface area contributed by atoms with E-state index in [0.29, 0.717) is 6.42 Å². The number of carbonyl (C=O) groups excluding carboxylic acids is 2. The molecule has 0 saturated heterocycles. The minimum absolute atomic E-state index is 0.0708. The van der Waals surface area contributed by atoms with Crippen molar-refractivity contribution in [2.24, 2.45) is 0 Å². The number of H-pyrrole nitrogens is 1. The van der Waals surface area contributed by atoms with Gasteiger partial charge in [-0.05, 0) is 0 Å². The monoisotopic (exact) mass is 552 g/mol. The summed E-state index contributed by atoms with van der Waals surface area (Å²) in [4.78, 5) is 54.8. The molecule has 13 heteroatoms. The van der Waals surface area contributed by atoms with Crippen LogP contribution in [0.4, 0.5) is 5.82 Å². The van der Waals surface area contributed by atoms with Gasteiger partial charge in [-0.3, -0.25) is 0 Å². The molecule has 12 nitrogen and oxygen atoms in total. The van der Waals surface area contributed by atoms with E-state index in [1.807, 2.05) is 0 Å². The maximum atomic E-state index is 13.0. The van der Waals surface area contributed by atoms with Crippen molar-refractivity contribution < 1.29 is 29.4 Å². The molecule has 0 spiro atoms. The Morgan fingerprint density at radius 3 is 2.69 bits per heavy atom. The molecule has 0 aliphatic carbocycles. The molecule has 2 amide bonds. The second-order valence-electron chi connectivity index (χ2n) is 6.80. The van der Waals surface area contributed by atoms with Gasteiger partial charge in [0.2, 0.25) is 0 Å². The van der Waals surface area contributed by atoms with E-state index in [4.69, 9.17) is 10.2 Å². The van der Waals surface area contributed by atoms with Gasteiger partial charge in [-0.1, -0.05) is 0 Å². The Bertz CT molecular complexity index is 1260. The number of benzene rings is 1. The molecule has 4 rings (SSSR count). The van der Waals surface area contributed by atoms with Crippen LogP contribution >= 0.6 is 20.1 Å². The van der Waals surface area contributed by atoms with Crippen molar-refractivity contribution in [1.82, 2.24) is 23.7 Å². The van der Waals surface area contributed by atoms with E-state index in [2.05, 4.69) is 29.0 Å². The zero-order valence-corrected chi connectivity index (χ0v) is 18.5. The molecule has 0 fully saturated rings. The number of nitrogens with one attached hydrogen (secondary N) is 3. The van der Waals surface area contributed by atoms with Crippen LogP contribution in [-0.2, 0) is 16.0 Å². The van der Waals surface area contributed by atoms with Crippen molar-refractivity contribution in [3.63, 3.8) is 0 Å². The number of carboxylic acids is 2. The van der Waals surface area contributed by atoms with Crippen LogP contribution in [0.15, 0.2) is 24.5 Å². The van der Waals surface area contributed by atoms with Gasteiger partial charge in [-0.2, -0.15) is 0 Å². The van der Waals surface area contributed by atoms with Crippen LogP contribution in [0.5, 0.6) is 0 Å². The van der Waals surface area contributed by atoms with Crippen LogP contribution < -0.4 is 8.85 Å². The molecule has 1 aromatic carbocycles. The van der Waals surface area contributed by atoms with E-state index in [9.17, 15) is 19.2 Å². The summed E-state index contributed by atoms with van der Waals surface area (Å²) in [5.74, 6) is -2.95. The number of hydrogen-bond acceptors (Lipinski definition) is 7. The SMILES string of the molecule is O=C(O)CCC(=O)Nc1n[nH]c2c(C(=O)NI3CCc4cc(C(=O)O)ccc43)ncnc12. The molecule has 0 unspecified atom stereocenters. The predicted molar refractivity (Wildman–Crippen MR) is 119 cm³/mol. The molecule has 166 valence electrons. The molecule has 0 bridgehead atoms. The van der Waals surface area contributed by atoms with Gasteiger partial charge >= 0.3 is 188 Å². The summed E-state index contributed by atoms with van der Waals surface area (Å²) in [5.41, 5.74) is 1.71. The molecule has 3 aromatic rings. The van der Waals surface area contributed by atoms with E-state index < -0.39 is 43.8 Å². The summed E-state index contributed by atoms with van der Waals surface area (Å²) in [6, 6.07) is 4.96. The zero-order valence-electron chi connectivity index (χ0n) is 16.4. The summed E-state index contributed by atoms with van der Waals surface area (Å²) >= 11 is -2.09. The number of carbonyl (C=O) groups is 4. The van der Waals surface area contributed by atoms with Crippen LogP contribution in [0.25, 0.3) is 11.0 Å². The van der Waals surface area contributed by atoms with E-state index >= 15 is 0 Å². The number of aromatic carboxylic acids is 1. The predicted octanol–water partition coefficient (Wildman–Crippen LogP) is 1.43. The average molecular weight is 552 g/mol. The van der Waals surface area contributed by atoms with Gasteiger partial charge in [0.25, 0.3) is 0 Å². The topological polar surface area (TPSA) is 187 Å². The quantitative estimate of drug-likeness (QED) is 0.164. The summed E-state index contributed by atoms with van der Waals surface area (Å²) < 4.78 is 4.84. The van der Waals surface area contributed by atoms with Crippen molar-refractivity contribution in [3.05, 3.63) is 44.9 Å². The number of alkyl halides is 1. The Kier molecular flexibility index (Phi) is 5.98. The number of aromatic amines is 1. The van der Waals surface area contributed by atoms with Crippen molar-refractivity contribution in [3.8, 4) is 0 Å². The molecule has 5 N–H and O–H groups in total. The van der Waals surface area contributed by atoms with Gasteiger partial charge in [-0.15, -0.1) is 0 Å². The Morgan fingerprint density at radius 1 is 1.12 bits per heavy atom. The Hall–Kier alpha value is -3.62. The van der Waals surface area contributed by atoms with Gasteiger partial charge in [0.1, 0.15) is 0 Å². The fourth-order valence-electron chi connectivity index (χ4n) is 3.18. The normalized spacial score (nSPS) is 13.6. The summed E-state index contributed by atoms with van der Waals surface area (Å²) in [6.45, 7) is 0. The number of aryl methyl sites for hydroxylation is 1. The van der Waals surface area contributed by atoms with Crippen LogP contribution in [0.1, 0.15) is 39.3 Å².